The second-order valence-corrected chi connectivity index (χ2v) is 12.1. The highest BCUT2D eigenvalue weighted by Gasteiger charge is 2.56. The van der Waals surface area contributed by atoms with Gasteiger partial charge in [-0.25, -0.2) is 14.2 Å². The third-order valence-corrected chi connectivity index (χ3v) is 8.17. The first-order valence-electron chi connectivity index (χ1n) is 14.6. The number of cyclic esters (lactones) is 1. The van der Waals surface area contributed by atoms with E-state index >= 15 is 0 Å². The van der Waals surface area contributed by atoms with Gasteiger partial charge in [-0.3, -0.25) is 4.79 Å². The number of esters is 1. The Morgan fingerprint density at radius 2 is 1.87 bits per heavy atom. The van der Waals surface area contributed by atoms with Crippen molar-refractivity contribution in [1.29, 1.82) is 0 Å². The summed E-state index contributed by atoms with van der Waals surface area (Å²) in [6.45, 7) is 3.82. The maximum Gasteiger partial charge on any atom is 0.418 e. The van der Waals surface area contributed by atoms with Gasteiger partial charge in [-0.05, 0) is 66.8 Å². The number of nitrogens with one attached hydrogen (secondary N) is 1. The van der Waals surface area contributed by atoms with Gasteiger partial charge in [-0.1, -0.05) is 32.0 Å². The Labute approximate surface area is 262 Å². The lowest BCUT2D eigenvalue weighted by atomic mass is 9.74. The standard InChI is InChI=1S/C33H34F4N4O5/c1-20-14-25(38-19-32(44,33(35,36)37)18-31(2,3)24-16-22(34)10-11-28(24)45-4)23-17-39-41(27(23)15-20)40(26-12-13-46-30(26)43)29(42)21-8-6-5-7-9-21/h5-11,14-17,26,38,44H,12-13,18-19H2,1-4H3/t26-,32?/m0/s1. The highest BCUT2D eigenvalue weighted by Crippen LogP contribution is 2.44. The fourth-order valence-corrected chi connectivity index (χ4v) is 5.89. The van der Waals surface area contributed by atoms with Gasteiger partial charge in [0.1, 0.15) is 11.6 Å². The van der Waals surface area contributed by atoms with Crippen LogP contribution in [0.3, 0.4) is 0 Å². The Bertz CT molecular complexity index is 1760. The molecule has 13 heteroatoms. The van der Waals surface area contributed by atoms with Gasteiger partial charge < -0.3 is 19.9 Å². The molecule has 46 heavy (non-hydrogen) atoms. The van der Waals surface area contributed by atoms with E-state index in [0.717, 1.165) is 12.1 Å². The first-order valence-corrected chi connectivity index (χ1v) is 14.6. The molecule has 0 spiro atoms. The van der Waals surface area contributed by atoms with Crippen molar-refractivity contribution >= 4 is 28.5 Å². The van der Waals surface area contributed by atoms with Crippen LogP contribution in [-0.4, -0.2) is 65.0 Å². The molecular weight excluding hydrogens is 608 g/mol. The van der Waals surface area contributed by atoms with E-state index < -0.39 is 53.9 Å². The van der Waals surface area contributed by atoms with Crippen molar-refractivity contribution in [2.75, 3.05) is 30.6 Å². The maximum atomic E-state index is 14.6. The predicted molar refractivity (Wildman–Crippen MR) is 163 cm³/mol. The highest BCUT2D eigenvalue weighted by atomic mass is 19.4. The first kappa shape index (κ1) is 32.7. The summed E-state index contributed by atoms with van der Waals surface area (Å²) >= 11 is 0. The van der Waals surface area contributed by atoms with Crippen molar-refractivity contribution in [2.24, 2.45) is 0 Å². The topological polar surface area (TPSA) is 106 Å². The molecule has 1 unspecified atom stereocenters. The van der Waals surface area contributed by atoms with Crippen LogP contribution in [0.15, 0.2) is 66.9 Å². The number of alkyl halides is 3. The van der Waals surface area contributed by atoms with Gasteiger partial charge in [0.2, 0.25) is 0 Å². The molecule has 2 atom stereocenters. The molecular formula is C33H34F4N4O5. The van der Waals surface area contributed by atoms with Gasteiger partial charge in [0.05, 0.1) is 32.0 Å². The molecule has 4 aromatic rings. The number of hydrogen-bond donors (Lipinski definition) is 2. The highest BCUT2D eigenvalue weighted by molar-refractivity contribution is 6.06. The Morgan fingerprint density at radius 3 is 2.50 bits per heavy atom. The Hall–Kier alpha value is -4.65. The maximum absolute atomic E-state index is 14.6. The van der Waals surface area contributed by atoms with Crippen LogP contribution < -0.4 is 15.1 Å². The number of methoxy groups -OCH3 is 1. The number of carbonyl (C=O) groups is 2. The molecule has 5 rings (SSSR count). The van der Waals surface area contributed by atoms with Crippen LogP contribution in [0.1, 0.15) is 48.2 Å². The van der Waals surface area contributed by atoms with Gasteiger partial charge in [-0.15, -0.1) is 0 Å². The van der Waals surface area contributed by atoms with Crippen molar-refractivity contribution in [2.45, 2.75) is 56.8 Å². The van der Waals surface area contributed by atoms with Crippen molar-refractivity contribution in [3.63, 3.8) is 0 Å². The lowest BCUT2D eigenvalue weighted by molar-refractivity contribution is -0.260. The first-order chi connectivity index (χ1) is 21.6. The Kier molecular flexibility index (Phi) is 8.73. The van der Waals surface area contributed by atoms with Crippen molar-refractivity contribution in [3.8, 4) is 5.75 Å². The minimum atomic E-state index is -5.08. The number of halogens is 4. The van der Waals surface area contributed by atoms with Crippen LogP contribution in [0, 0.1) is 12.7 Å². The van der Waals surface area contributed by atoms with Crippen molar-refractivity contribution in [1.82, 2.24) is 9.89 Å². The predicted octanol–water partition coefficient (Wildman–Crippen LogP) is 5.66. The van der Waals surface area contributed by atoms with E-state index in [9.17, 15) is 32.3 Å². The smallest absolute Gasteiger partial charge is 0.418 e. The zero-order valence-electron chi connectivity index (χ0n) is 25.7. The number of aromatic nitrogens is 2. The molecule has 1 aliphatic rings. The summed E-state index contributed by atoms with van der Waals surface area (Å²) in [6.07, 6.45) is -4.31. The molecule has 0 radical (unpaired) electrons. The molecule has 0 bridgehead atoms. The molecule has 0 saturated carbocycles. The molecule has 3 aromatic carbocycles. The van der Waals surface area contributed by atoms with Crippen molar-refractivity contribution < 1.29 is 41.7 Å². The largest absolute Gasteiger partial charge is 0.496 e. The number of aliphatic hydroxyl groups is 1. The van der Waals surface area contributed by atoms with Gasteiger partial charge in [0.25, 0.3) is 5.91 Å². The van der Waals surface area contributed by atoms with E-state index in [0.29, 0.717) is 22.0 Å². The zero-order valence-corrected chi connectivity index (χ0v) is 25.7. The summed E-state index contributed by atoms with van der Waals surface area (Å²) in [4.78, 5) is 27.7. The SMILES string of the molecule is COc1ccc(F)cc1C(C)(C)CC(O)(CNc1cc(C)cc2c1cnn2N(C(=O)c1ccccc1)[C@H]1CCOC1=O)C(F)(F)F. The number of rotatable bonds is 10. The normalized spacial score (nSPS) is 16.6. The fraction of sp³-hybridized carbons (Fsp3) is 0.364. The summed E-state index contributed by atoms with van der Waals surface area (Å²) in [5, 5.41) is 19.9. The zero-order chi connectivity index (χ0) is 33.4. The third-order valence-electron chi connectivity index (χ3n) is 8.17. The average molecular weight is 643 g/mol. The second-order valence-electron chi connectivity index (χ2n) is 12.1. The number of nitrogens with zero attached hydrogens (tertiary/aromatic N) is 3. The number of benzene rings is 3. The molecule has 1 aromatic heterocycles. The molecule has 2 N–H and O–H groups in total. The van der Waals surface area contributed by atoms with Crippen LogP contribution in [0.5, 0.6) is 5.75 Å². The van der Waals surface area contributed by atoms with Crippen LogP contribution >= 0.6 is 0 Å². The molecule has 1 fully saturated rings. The van der Waals surface area contributed by atoms with Crippen LogP contribution in [0.25, 0.3) is 10.9 Å². The van der Waals surface area contributed by atoms with Crippen molar-refractivity contribution in [3.05, 3.63) is 89.4 Å². The second kappa shape index (κ2) is 12.3. The number of carbonyl (C=O) groups excluding carboxylic acids is 2. The van der Waals surface area contributed by atoms with Gasteiger partial charge in [0, 0.05) is 28.6 Å². The molecule has 1 saturated heterocycles. The number of anilines is 1. The number of aryl methyl sites for hydroxylation is 1. The lowest BCUT2D eigenvalue weighted by Crippen LogP contribution is -2.53. The summed E-state index contributed by atoms with van der Waals surface area (Å²) in [5.41, 5.74) is -3.00. The minimum Gasteiger partial charge on any atom is -0.496 e. The van der Waals surface area contributed by atoms with Crippen LogP contribution in [0.4, 0.5) is 23.2 Å². The molecule has 1 amide bonds. The van der Waals surface area contributed by atoms with E-state index in [4.69, 9.17) is 9.47 Å². The van der Waals surface area contributed by atoms with Crippen LogP contribution in [0.2, 0.25) is 0 Å². The van der Waals surface area contributed by atoms with Gasteiger partial charge in [-0.2, -0.15) is 23.1 Å². The van der Waals surface area contributed by atoms with E-state index in [-0.39, 0.29) is 30.0 Å². The number of amides is 1. The fourth-order valence-electron chi connectivity index (χ4n) is 5.89. The van der Waals surface area contributed by atoms with Gasteiger partial charge in [0.15, 0.2) is 11.6 Å². The average Bonchev–Trinajstić information content (AvgIpc) is 3.62. The summed E-state index contributed by atoms with van der Waals surface area (Å²) in [6, 6.07) is 14.2. The molecule has 244 valence electrons. The monoisotopic (exact) mass is 642 g/mol. The summed E-state index contributed by atoms with van der Waals surface area (Å²) in [5.74, 6) is -1.58. The molecule has 1 aliphatic heterocycles. The minimum absolute atomic E-state index is 0.112. The summed E-state index contributed by atoms with van der Waals surface area (Å²) in [7, 11) is 1.33. The number of fused-ring (bicyclic) bond motifs is 1. The third kappa shape index (κ3) is 6.23. The van der Waals surface area contributed by atoms with Gasteiger partial charge >= 0.3 is 12.1 Å². The molecule has 2 heterocycles. The van der Waals surface area contributed by atoms with E-state index in [1.165, 1.54) is 43.0 Å². The lowest BCUT2D eigenvalue weighted by Gasteiger charge is -2.38. The quantitative estimate of drug-likeness (QED) is 0.170. The Morgan fingerprint density at radius 1 is 1.15 bits per heavy atom. The molecule has 9 nitrogen and oxygen atoms in total. The van der Waals surface area contributed by atoms with E-state index in [2.05, 4.69) is 10.4 Å². The number of hydrogen-bond acceptors (Lipinski definition) is 7. The van der Waals surface area contributed by atoms with Crippen LogP contribution in [-0.2, 0) is 14.9 Å². The van der Waals surface area contributed by atoms with E-state index in [1.807, 2.05) is 0 Å². The number of ether oxygens (including phenoxy) is 2. The Balaban J connectivity index is 1.51. The molecule has 0 aliphatic carbocycles. The summed E-state index contributed by atoms with van der Waals surface area (Å²) < 4.78 is 68.3. The van der Waals surface area contributed by atoms with E-state index in [1.54, 1.807) is 49.4 Å².